The molecular weight excluding hydrogens is 270 g/mol. The summed E-state index contributed by atoms with van der Waals surface area (Å²) in [6, 6.07) is -0.244. The Kier molecular flexibility index (Phi) is 5.52. The standard InChI is InChI=1S/C15H25N3O3/c1-7-11(16-14(20)21-15(3,4)5)8-13(19)12-9-18(6)17-10(12)2/h9,11H,7-8H2,1-6H3,(H,16,20). The Morgan fingerprint density at radius 2 is 2.05 bits per heavy atom. The van der Waals surface area contributed by atoms with E-state index in [1.54, 1.807) is 45.6 Å². The number of aryl methyl sites for hydroxylation is 2. The first-order valence-electron chi connectivity index (χ1n) is 7.15. The molecule has 6 heteroatoms. The van der Waals surface area contributed by atoms with E-state index in [1.165, 1.54) is 0 Å². The predicted molar refractivity (Wildman–Crippen MR) is 80.3 cm³/mol. The molecule has 1 aromatic heterocycles. The van der Waals surface area contributed by atoms with Crippen LogP contribution in [0.1, 0.15) is 56.6 Å². The van der Waals surface area contributed by atoms with Crippen molar-refractivity contribution in [3.05, 3.63) is 17.5 Å². The van der Waals surface area contributed by atoms with Gasteiger partial charge >= 0.3 is 6.09 Å². The second-order valence-corrected chi connectivity index (χ2v) is 6.18. The van der Waals surface area contributed by atoms with Crippen LogP contribution in [0.5, 0.6) is 0 Å². The fraction of sp³-hybridized carbons (Fsp3) is 0.667. The Morgan fingerprint density at radius 3 is 2.48 bits per heavy atom. The van der Waals surface area contributed by atoms with Crippen LogP contribution in [0, 0.1) is 6.92 Å². The summed E-state index contributed by atoms with van der Waals surface area (Å²) in [6.45, 7) is 9.13. The molecule has 1 aromatic rings. The number of nitrogens with zero attached hydrogens (tertiary/aromatic N) is 2. The number of rotatable bonds is 5. The highest BCUT2D eigenvalue weighted by Gasteiger charge is 2.22. The highest BCUT2D eigenvalue weighted by atomic mass is 16.6. The van der Waals surface area contributed by atoms with Gasteiger partial charge in [-0.05, 0) is 34.1 Å². The minimum absolute atomic E-state index is 0.0245. The molecule has 0 aliphatic rings. The Hall–Kier alpha value is -1.85. The van der Waals surface area contributed by atoms with Crippen molar-refractivity contribution in [1.29, 1.82) is 0 Å². The van der Waals surface area contributed by atoms with Gasteiger partial charge in [0.05, 0.1) is 11.3 Å². The van der Waals surface area contributed by atoms with Crippen molar-refractivity contribution in [1.82, 2.24) is 15.1 Å². The van der Waals surface area contributed by atoms with Crippen LogP contribution in [0.3, 0.4) is 0 Å². The van der Waals surface area contributed by atoms with Crippen LogP contribution in [0.2, 0.25) is 0 Å². The van der Waals surface area contributed by atoms with E-state index in [4.69, 9.17) is 4.74 Å². The highest BCUT2D eigenvalue weighted by Crippen LogP contribution is 2.12. The largest absolute Gasteiger partial charge is 0.444 e. The zero-order valence-corrected chi connectivity index (χ0v) is 13.7. The monoisotopic (exact) mass is 295 g/mol. The van der Waals surface area contributed by atoms with Gasteiger partial charge < -0.3 is 10.1 Å². The molecule has 0 fully saturated rings. The lowest BCUT2D eigenvalue weighted by molar-refractivity contribution is 0.0500. The molecule has 0 bridgehead atoms. The van der Waals surface area contributed by atoms with Gasteiger partial charge in [-0.3, -0.25) is 9.48 Å². The zero-order chi connectivity index (χ0) is 16.2. The van der Waals surface area contributed by atoms with Gasteiger partial charge in [-0.15, -0.1) is 0 Å². The molecule has 21 heavy (non-hydrogen) atoms. The van der Waals surface area contributed by atoms with Crippen LogP contribution < -0.4 is 5.32 Å². The summed E-state index contributed by atoms with van der Waals surface area (Å²) < 4.78 is 6.82. The van der Waals surface area contributed by atoms with Crippen LogP contribution in [-0.2, 0) is 11.8 Å². The SMILES string of the molecule is CCC(CC(=O)c1cn(C)nc1C)NC(=O)OC(C)(C)C. The average molecular weight is 295 g/mol. The second-order valence-electron chi connectivity index (χ2n) is 6.18. The number of carbonyl (C=O) groups is 2. The highest BCUT2D eigenvalue weighted by molar-refractivity contribution is 5.97. The van der Waals surface area contributed by atoms with Crippen LogP contribution in [-0.4, -0.2) is 33.3 Å². The average Bonchev–Trinajstić information content (AvgIpc) is 2.65. The molecule has 1 atom stereocenters. The summed E-state index contributed by atoms with van der Waals surface area (Å²) in [5.41, 5.74) is 0.753. The molecular formula is C15H25N3O3. The third kappa shape index (κ3) is 5.57. The molecule has 118 valence electrons. The normalized spacial score (nSPS) is 12.9. The molecule has 6 nitrogen and oxygen atoms in total. The van der Waals surface area contributed by atoms with Gasteiger partial charge in [-0.2, -0.15) is 5.10 Å². The number of Topliss-reactive ketones (excluding diaryl/α,β-unsaturated/α-hetero) is 1. The summed E-state index contributed by atoms with van der Waals surface area (Å²) in [5.74, 6) is -0.0245. The first kappa shape index (κ1) is 17.2. The third-order valence-corrected chi connectivity index (χ3v) is 2.96. The van der Waals surface area contributed by atoms with Crippen LogP contribution >= 0.6 is 0 Å². The maximum Gasteiger partial charge on any atom is 0.407 e. The summed E-state index contributed by atoms with van der Waals surface area (Å²) in [5, 5.41) is 6.90. The van der Waals surface area contributed by atoms with E-state index in [9.17, 15) is 9.59 Å². The van der Waals surface area contributed by atoms with Gasteiger partial charge in [0.25, 0.3) is 0 Å². The van der Waals surface area contributed by atoms with Crippen molar-refractivity contribution in [2.75, 3.05) is 0 Å². The van der Waals surface area contributed by atoms with Gasteiger partial charge in [-0.25, -0.2) is 4.79 Å². The summed E-state index contributed by atoms with van der Waals surface area (Å²) in [6.07, 6.45) is 2.11. The lowest BCUT2D eigenvalue weighted by Crippen LogP contribution is -2.39. The summed E-state index contributed by atoms with van der Waals surface area (Å²) >= 11 is 0. The number of nitrogens with one attached hydrogen (secondary N) is 1. The maximum atomic E-state index is 12.3. The van der Waals surface area contributed by atoms with Crippen LogP contribution in [0.15, 0.2) is 6.20 Å². The molecule has 1 rings (SSSR count). The fourth-order valence-corrected chi connectivity index (χ4v) is 1.98. The summed E-state index contributed by atoms with van der Waals surface area (Å²) in [7, 11) is 1.78. The first-order valence-corrected chi connectivity index (χ1v) is 7.15. The molecule has 1 unspecified atom stereocenters. The van der Waals surface area contributed by atoms with E-state index in [2.05, 4.69) is 10.4 Å². The van der Waals surface area contributed by atoms with Crippen molar-refractivity contribution in [2.45, 2.75) is 59.1 Å². The molecule has 0 radical (unpaired) electrons. The van der Waals surface area contributed by atoms with Gasteiger partial charge in [0, 0.05) is 25.7 Å². The van der Waals surface area contributed by atoms with Crippen molar-refractivity contribution < 1.29 is 14.3 Å². The number of amides is 1. The lowest BCUT2D eigenvalue weighted by Gasteiger charge is -2.22. The molecule has 1 N–H and O–H groups in total. The lowest BCUT2D eigenvalue weighted by atomic mass is 10.0. The Morgan fingerprint density at radius 1 is 1.43 bits per heavy atom. The zero-order valence-electron chi connectivity index (χ0n) is 13.7. The van der Waals surface area contributed by atoms with Gasteiger partial charge in [0.1, 0.15) is 5.60 Å². The minimum atomic E-state index is -0.549. The van der Waals surface area contributed by atoms with E-state index in [-0.39, 0.29) is 18.2 Å². The molecule has 0 saturated carbocycles. The van der Waals surface area contributed by atoms with E-state index >= 15 is 0 Å². The second kappa shape index (κ2) is 6.74. The molecule has 0 aliphatic carbocycles. The third-order valence-electron chi connectivity index (χ3n) is 2.96. The van der Waals surface area contributed by atoms with Crippen LogP contribution in [0.4, 0.5) is 4.79 Å². The van der Waals surface area contributed by atoms with Crippen LogP contribution in [0.25, 0.3) is 0 Å². The van der Waals surface area contributed by atoms with E-state index in [0.29, 0.717) is 17.7 Å². The number of ether oxygens (including phenoxy) is 1. The van der Waals surface area contributed by atoms with Gasteiger partial charge in [0.2, 0.25) is 0 Å². The summed E-state index contributed by atoms with van der Waals surface area (Å²) in [4.78, 5) is 24.0. The topological polar surface area (TPSA) is 73.2 Å². The predicted octanol–water partition coefficient (Wildman–Crippen LogP) is 2.60. The van der Waals surface area contributed by atoms with Crippen molar-refractivity contribution in [3.8, 4) is 0 Å². The molecule has 0 aliphatic heterocycles. The van der Waals surface area contributed by atoms with Gasteiger partial charge in [-0.1, -0.05) is 6.92 Å². The minimum Gasteiger partial charge on any atom is -0.444 e. The van der Waals surface area contributed by atoms with E-state index in [1.807, 2.05) is 6.92 Å². The quantitative estimate of drug-likeness (QED) is 0.847. The van der Waals surface area contributed by atoms with Crippen molar-refractivity contribution in [2.24, 2.45) is 7.05 Å². The number of carbonyl (C=O) groups excluding carboxylic acids is 2. The Balaban J connectivity index is 2.64. The Labute approximate surface area is 125 Å². The molecule has 0 aromatic carbocycles. The molecule has 1 amide bonds. The number of hydrogen-bond donors (Lipinski definition) is 1. The van der Waals surface area contributed by atoms with Crippen molar-refractivity contribution in [3.63, 3.8) is 0 Å². The van der Waals surface area contributed by atoms with E-state index in [0.717, 1.165) is 0 Å². The number of hydrogen-bond acceptors (Lipinski definition) is 4. The number of aromatic nitrogens is 2. The van der Waals surface area contributed by atoms with Crippen molar-refractivity contribution >= 4 is 11.9 Å². The van der Waals surface area contributed by atoms with E-state index < -0.39 is 11.7 Å². The smallest absolute Gasteiger partial charge is 0.407 e. The van der Waals surface area contributed by atoms with Gasteiger partial charge in [0.15, 0.2) is 5.78 Å². The molecule has 0 saturated heterocycles. The molecule has 0 spiro atoms. The Bertz CT molecular complexity index is 515. The maximum absolute atomic E-state index is 12.3. The molecule has 1 heterocycles. The number of ketones is 1. The fourth-order valence-electron chi connectivity index (χ4n) is 1.98. The number of alkyl carbamates (subject to hydrolysis) is 1. The first-order chi connectivity index (χ1) is 9.62.